The highest BCUT2D eigenvalue weighted by Gasteiger charge is 2.23. The maximum Gasteiger partial charge on any atom is 0.209 e. The number of pyridine rings is 1. The molecule has 0 bridgehead atoms. The number of aromatic nitrogens is 3. The van der Waals surface area contributed by atoms with Crippen LogP contribution in [0.1, 0.15) is 44.2 Å². The Morgan fingerprint density at radius 3 is 2.20 bits per heavy atom. The maximum absolute atomic E-state index is 12.4. The molecule has 0 saturated heterocycles. The summed E-state index contributed by atoms with van der Waals surface area (Å²) in [7, 11) is -1.70. The first-order valence-corrected chi connectivity index (χ1v) is 11.2. The molecule has 0 radical (unpaired) electrons. The van der Waals surface area contributed by atoms with E-state index in [1.54, 1.807) is 42.2 Å². The van der Waals surface area contributed by atoms with Gasteiger partial charge in [0.2, 0.25) is 9.84 Å². The summed E-state index contributed by atoms with van der Waals surface area (Å²) in [6.07, 6.45) is 9.48. The number of anilines is 1. The molecular formula is C22H28N4O3S. The zero-order chi connectivity index (χ0) is 22.1. The first kappa shape index (κ1) is 23.3. The molecule has 1 saturated carbocycles. The number of hydrogen-bond acceptors (Lipinski definition) is 6. The molecule has 8 heteroatoms. The summed E-state index contributed by atoms with van der Waals surface area (Å²) in [5.41, 5.74) is 2.29. The van der Waals surface area contributed by atoms with Crippen LogP contribution >= 0.6 is 0 Å². The standard InChI is InChI=1S/C13H17N3O2S.C8H9N.CH2O/c1-10(2)16-9-13(8-15-16)19(17,18)12-6-4-11(14-3)5-7-12;1-2-8(6-9-5-1)7-3-4-7;1-2/h4-10,14H,1-3H3;1-2,5-7H,3-4H2;1H2. The van der Waals surface area contributed by atoms with Crippen molar-refractivity contribution < 1.29 is 13.2 Å². The lowest BCUT2D eigenvalue weighted by Crippen LogP contribution is -2.02. The Kier molecular flexibility index (Phi) is 8.29. The Hall–Kier alpha value is -3.00. The fourth-order valence-electron chi connectivity index (χ4n) is 2.71. The molecule has 1 aromatic carbocycles. The van der Waals surface area contributed by atoms with Crippen molar-refractivity contribution in [1.82, 2.24) is 14.8 Å². The van der Waals surface area contributed by atoms with Gasteiger partial charge in [-0.1, -0.05) is 6.07 Å². The van der Waals surface area contributed by atoms with Crippen molar-refractivity contribution in [3.8, 4) is 0 Å². The minimum absolute atomic E-state index is 0.135. The molecule has 4 rings (SSSR count). The van der Waals surface area contributed by atoms with Gasteiger partial charge in [-0.3, -0.25) is 9.67 Å². The molecular weight excluding hydrogens is 400 g/mol. The third-order valence-electron chi connectivity index (χ3n) is 4.60. The van der Waals surface area contributed by atoms with Crippen LogP contribution in [0.2, 0.25) is 0 Å². The molecule has 0 amide bonds. The number of nitrogens with one attached hydrogen (secondary N) is 1. The van der Waals surface area contributed by atoms with Crippen molar-refractivity contribution >= 4 is 22.3 Å². The van der Waals surface area contributed by atoms with Crippen LogP contribution in [0, 0.1) is 0 Å². The summed E-state index contributed by atoms with van der Waals surface area (Å²) in [4.78, 5) is 12.5. The fraction of sp³-hybridized carbons (Fsp3) is 0.318. The number of rotatable bonds is 5. The van der Waals surface area contributed by atoms with E-state index in [4.69, 9.17) is 4.79 Å². The lowest BCUT2D eigenvalue weighted by atomic mass is 10.2. The van der Waals surface area contributed by atoms with Crippen molar-refractivity contribution in [3.05, 3.63) is 66.7 Å². The second kappa shape index (κ2) is 10.7. The third-order valence-corrected chi connectivity index (χ3v) is 6.33. The minimum Gasteiger partial charge on any atom is -0.388 e. The van der Waals surface area contributed by atoms with E-state index in [1.807, 2.05) is 39.1 Å². The van der Waals surface area contributed by atoms with Crippen molar-refractivity contribution in [3.63, 3.8) is 0 Å². The highest BCUT2D eigenvalue weighted by Crippen LogP contribution is 2.39. The van der Waals surface area contributed by atoms with Crippen LogP contribution in [0.25, 0.3) is 0 Å². The molecule has 1 aliphatic rings. The first-order chi connectivity index (χ1) is 14.4. The highest BCUT2D eigenvalue weighted by molar-refractivity contribution is 7.91. The van der Waals surface area contributed by atoms with Gasteiger partial charge in [-0.25, -0.2) is 8.42 Å². The molecule has 0 spiro atoms. The molecule has 30 heavy (non-hydrogen) atoms. The average Bonchev–Trinajstić information content (AvgIpc) is 3.51. The van der Waals surface area contributed by atoms with Gasteiger partial charge >= 0.3 is 0 Å². The molecule has 2 heterocycles. The number of benzene rings is 1. The summed E-state index contributed by atoms with van der Waals surface area (Å²) >= 11 is 0. The molecule has 3 aromatic rings. The van der Waals surface area contributed by atoms with Crippen molar-refractivity contribution in [2.75, 3.05) is 12.4 Å². The Morgan fingerprint density at radius 2 is 1.73 bits per heavy atom. The SMILES string of the molecule is C=O.CNc1ccc(S(=O)(=O)c2cnn(C(C)C)c2)cc1.c1cncc(C2CC2)c1. The highest BCUT2D eigenvalue weighted by atomic mass is 32.2. The molecule has 1 N–H and O–H groups in total. The summed E-state index contributed by atoms with van der Waals surface area (Å²) in [6, 6.07) is 11.0. The van der Waals surface area contributed by atoms with Gasteiger partial charge in [-0.05, 0) is 68.5 Å². The van der Waals surface area contributed by atoms with Crippen LogP contribution in [0.4, 0.5) is 5.69 Å². The zero-order valence-corrected chi connectivity index (χ0v) is 18.3. The van der Waals surface area contributed by atoms with Gasteiger partial charge in [0.05, 0.1) is 11.1 Å². The molecule has 2 aromatic heterocycles. The van der Waals surface area contributed by atoms with Crippen molar-refractivity contribution in [2.24, 2.45) is 0 Å². The number of hydrogen-bond donors (Lipinski definition) is 1. The smallest absolute Gasteiger partial charge is 0.209 e. The summed E-state index contributed by atoms with van der Waals surface area (Å²) in [5, 5.41) is 7.02. The fourth-order valence-corrected chi connectivity index (χ4v) is 3.91. The number of carbonyl (C=O) groups is 1. The van der Waals surface area contributed by atoms with E-state index in [0.717, 1.165) is 11.6 Å². The lowest BCUT2D eigenvalue weighted by molar-refractivity contribution is -0.0979. The van der Waals surface area contributed by atoms with E-state index in [1.165, 1.54) is 24.6 Å². The van der Waals surface area contributed by atoms with E-state index in [9.17, 15) is 8.42 Å². The largest absolute Gasteiger partial charge is 0.388 e. The third kappa shape index (κ3) is 6.00. The van der Waals surface area contributed by atoms with E-state index in [2.05, 4.69) is 21.5 Å². The number of sulfone groups is 1. The van der Waals surface area contributed by atoms with Gasteiger partial charge in [-0.15, -0.1) is 0 Å². The lowest BCUT2D eigenvalue weighted by Gasteiger charge is -2.05. The first-order valence-electron chi connectivity index (χ1n) is 9.67. The van der Waals surface area contributed by atoms with Gasteiger partial charge in [0.1, 0.15) is 11.7 Å². The van der Waals surface area contributed by atoms with Gasteiger partial charge in [-0.2, -0.15) is 5.10 Å². The Morgan fingerprint density at radius 1 is 1.07 bits per heavy atom. The van der Waals surface area contributed by atoms with Gasteiger partial charge in [0, 0.05) is 37.4 Å². The molecule has 0 atom stereocenters. The zero-order valence-electron chi connectivity index (χ0n) is 17.5. The van der Waals surface area contributed by atoms with Crippen LogP contribution in [0.15, 0.2) is 71.0 Å². The quantitative estimate of drug-likeness (QED) is 0.657. The van der Waals surface area contributed by atoms with Crippen molar-refractivity contribution in [2.45, 2.75) is 48.4 Å². The second-order valence-corrected chi connectivity index (χ2v) is 9.04. The van der Waals surface area contributed by atoms with Crippen LogP contribution < -0.4 is 5.32 Å². The molecule has 0 aliphatic heterocycles. The molecule has 7 nitrogen and oxygen atoms in total. The Labute approximate surface area is 178 Å². The van der Waals surface area contributed by atoms with Gasteiger partial charge < -0.3 is 10.1 Å². The summed E-state index contributed by atoms with van der Waals surface area (Å²) < 4.78 is 26.4. The molecule has 0 unspecified atom stereocenters. The summed E-state index contributed by atoms with van der Waals surface area (Å²) in [6.45, 7) is 5.90. The van der Waals surface area contributed by atoms with Gasteiger partial charge in [0.25, 0.3) is 0 Å². The van der Waals surface area contributed by atoms with Crippen LogP contribution in [-0.4, -0.2) is 37.0 Å². The van der Waals surface area contributed by atoms with Gasteiger partial charge in [0.15, 0.2) is 0 Å². The number of carbonyl (C=O) groups excluding carboxylic acids is 1. The van der Waals surface area contributed by atoms with E-state index < -0.39 is 9.84 Å². The van der Waals surface area contributed by atoms with E-state index in [-0.39, 0.29) is 15.8 Å². The monoisotopic (exact) mass is 428 g/mol. The molecule has 160 valence electrons. The predicted molar refractivity (Wildman–Crippen MR) is 117 cm³/mol. The predicted octanol–water partition coefficient (Wildman–Crippen LogP) is 4.11. The Balaban J connectivity index is 0.000000241. The summed E-state index contributed by atoms with van der Waals surface area (Å²) in [5.74, 6) is 0.846. The van der Waals surface area contributed by atoms with E-state index >= 15 is 0 Å². The van der Waals surface area contributed by atoms with Crippen LogP contribution in [0.3, 0.4) is 0 Å². The molecule has 1 fully saturated rings. The van der Waals surface area contributed by atoms with Crippen molar-refractivity contribution in [1.29, 1.82) is 0 Å². The Bertz CT molecular complexity index is 1010. The normalized spacial score (nSPS) is 12.9. The molecule has 1 aliphatic carbocycles. The van der Waals surface area contributed by atoms with Crippen LogP contribution in [-0.2, 0) is 14.6 Å². The minimum atomic E-state index is -3.49. The number of nitrogens with zero attached hydrogens (tertiary/aromatic N) is 3. The van der Waals surface area contributed by atoms with Crippen LogP contribution in [0.5, 0.6) is 0 Å². The average molecular weight is 429 g/mol. The van der Waals surface area contributed by atoms with E-state index in [0.29, 0.717) is 0 Å². The maximum atomic E-state index is 12.4. The second-order valence-electron chi connectivity index (χ2n) is 7.09. The topological polar surface area (TPSA) is 94.0 Å².